The minimum Gasteiger partial charge on any atom is -1.00 e. The van der Waals surface area contributed by atoms with Crippen LogP contribution in [0.4, 0.5) is 0 Å². The predicted molar refractivity (Wildman–Crippen MR) is 200 cm³/mol. The summed E-state index contributed by atoms with van der Waals surface area (Å²) in [5, 5.41) is 58.1. The van der Waals surface area contributed by atoms with Crippen molar-refractivity contribution in [1.82, 2.24) is 9.80 Å². The summed E-state index contributed by atoms with van der Waals surface area (Å²) in [4.78, 5) is 18.0. The van der Waals surface area contributed by atoms with E-state index < -0.39 is 96.0 Å². The molecular formula is C38H72Cl2MgN2O12. The third-order valence-corrected chi connectivity index (χ3v) is 12.2. The Hall–Kier alpha value is 0.336. The van der Waals surface area contributed by atoms with E-state index in [-0.39, 0.29) is 85.2 Å². The normalized spacial score (nSPS) is 46.9. The number of nitrogens with zero attached hydrogens (tertiary/aromatic N) is 2. The van der Waals surface area contributed by atoms with Crippen molar-refractivity contribution in [2.24, 2.45) is 17.8 Å². The SMILES string of the molecule is CC[C@H]1OC(=O)[C@H](C)[C@@H](O[C@H]2C[C@@](C)(OC)[C@@H](O)[C@H](C)O2)[C@H](C)[C@@H](O[C@@H]2O[C@H](C)C[C@H](N(C)C)[C@H]2O)[C@](C)(O)C[C@@H](C)CN(C)[C@H](C)[C@@H](O)[C@]1(C)O.[Cl-].[Cl-].[Mg+2]. The van der Waals surface area contributed by atoms with Gasteiger partial charge in [-0.05, 0) is 94.8 Å². The molecule has 14 nitrogen and oxygen atoms in total. The molecule has 3 saturated heterocycles. The van der Waals surface area contributed by atoms with E-state index in [9.17, 15) is 30.3 Å². The van der Waals surface area contributed by atoms with E-state index in [1.807, 2.05) is 51.7 Å². The van der Waals surface area contributed by atoms with Crippen LogP contribution in [0.3, 0.4) is 0 Å². The number of ether oxygens (including phenoxy) is 6. The first-order valence-corrected chi connectivity index (χ1v) is 19.1. The van der Waals surface area contributed by atoms with Gasteiger partial charge in [-0.1, -0.05) is 20.8 Å². The Balaban J connectivity index is 0.00000972. The number of halogens is 2. The minimum atomic E-state index is -1.80. The van der Waals surface area contributed by atoms with Gasteiger partial charge in [-0.15, -0.1) is 0 Å². The van der Waals surface area contributed by atoms with Gasteiger partial charge < -0.3 is 88.6 Å². The van der Waals surface area contributed by atoms with Crippen molar-refractivity contribution in [3.63, 3.8) is 0 Å². The third-order valence-electron chi connectivity index (χ3n) is 12.2. The van der Waals surface area contributed by atoms with Gasteiger partial charge in [0, 0.05) is 38.1 Å². The van der Waals surface area contributed by atoms with E-state index in [1.54, 1.807) is 41.5 Å². The molecule has 0 spiro atoms. The fraction of sp³-hybridized carbons (Fsp3) is 0.974. The molecule has 17 heteroatoms. The first-order chi connectivity index (χ1) is 23.9. The van der Waals surface area contributed by atoms with Crippen molar-refractivity contribution in [3.8, 4) is 0 Å². The maximum absolute atomic E-state index is 14.2. The zero-order valence-corrected chi connectivity index (χ0v) is 38.6. The zero-order valence-electron chi connectivity index (χ0n) is 35.6. The number of aliphatic hydroxyl groups excluding tert-OH is 3. The van der Waals surface area contributed by atoms with E-state index in [0.717, 1.165) is 0 Å². The van der Waals surface area contributed by atoms with Crippen molar-refractivity contribution < 1.29 is 83.6 Å². The number of esters is 1. The molecule has 0 amide bonds. The molecule has 0 saturated carbocycles. The maximum Gasteiger partial charge on any atom is 2.00 e. The van der Waals surface area contributed by atoms with E-state index >= 15 is 0 Å². The zero-order chi connectivity index (χ0) is 39.7. The van der Waals surface area contributed by atoms with Crippen LogP contribution < -0.4 is 24.8 Å². The molecule has 3 heterocycles. The van der Waals surface area contributed by atoms with Crippen molar-refractivity contribution in [2.45, 2.75) is 185 Å². The molecule has 322 valence electrons. The van der Waals surface area contributed by atoms with Gasteiger partial charge in [0.25, 0.3) is 0 Å². The first kappa shape index (κ1) is 55.3. The number of likely N-dealkylation sites (N-methyl/N-ethyl adjacent to an activating group) is 2. The van der Waals surface area contributed by atoms with Crippen LogP contribution >= 0.6 is 0 Å². The second kappa shape index (κ2) is 22.3. The number of aliphatic hydroxyl groups is 5. The second-order valence-corrected chi connectivity index (χ2v) is 17.2. The fourth-order valence-electron chi connectivity index (χ4n) is 8.74. The number of cyclic esters (lactones) is 1. The summed E-state index contributed by atoms with van der Waals surface area (Å²) in [7, 11) is 7.12. The van der Waals surface area contributed by atoms with Crippen LogP contribution in [0.25, 0.3) is 0 Å². The number of rotatable bonds is 7. The van der Waals surface area contributed by atoms with Gasteiger partial charge in [0.05, 0.1) is 41.5 Å². The average Bonchev–Trinajstić information content (AvgIpc) is 3.05. The molecule has 0 unspecified atom stereocenters. The van der Waals surface area contributed by atoms with Gasteiger partial charge >= 0.3 is 29.0 Å². The molecule has 3 fully saturated rings. The topological polar surface area (TPSA) is 180 Å². The summed E-state index contributed by atoms with van der Waals surface area (Å²) in [6.07, 6.45) is -8.19. The molecule has 3 aliphatic rings. The molecule has 3 aliphatic heterocycles. The molecule has 18 atom stereocenters. The number of hydrogen-bond acceptors (Lipinski definition) is 14. The van der Waals surface area contributed by atoms with E-state index in [2.05, 4.69) is 0 Å². The van der Waals surface area contributed by atoms with E-state index in [4.69, 9.17) is 28.4 Å². The van der Waals surface area contributed by atoms with Crippen molar-refractivity contribution in [3.05, 3.63) is 0 Å². The Morgan fingerprint density at radius 1 is 0.927 bits per heavy atom. The molecule has 0 bridgehead atoms. The third kappa shape index (κ3) is 12.9. The summed E-state index contributed by atoms with van der Waals surface area (Å²) < 4.78 is 37.5. The second-order valence-electron chi connectivity index (χ2n) is 17.2. The van der Waals surface area contributed by atoms with E-state index in [1.165, 1.54) is 14.0 Å². The molecule has 0 aromatic carbocycles. The Morgan fingerprint density at radius 3 is 2.04 bits per heavy atom. The summed E-state index contributed by atoms with van der Waals surface area (Å²) in [6.45, 7) is 18.0. The van der Waals surface area contributed by atoms with Gasteiger partial charge in [-0.3, -0.25) is 4.79 Å². The molecule has 55 heavy (non-hydrogen) atoms. The smallest absolute Gasteiger partial charge is 1.00 e. The number of methoxy groups -OCH3 is 1. The van der Waals surface area contributed by atoms with Gasteiger partial charge in [0.15, 0.2) is 12.6 Å². The van der Waals surface area contributed by atoms with Crippen molar-refractivity contribution >= 4 is 29.0 Å². The standard InChI is InChI=1S/C38H72N2O12.2ClH.Mg/c1-15-27-38(10,46)31(42)24(6)40(13)19-20(2)17-36(8,45)33(52-35-29(41)26(39(11)12)16-21(3)48-35)22(4)30(23(5)34(44)50-27)51-28-18-37(9,47-14)32(43)25(7)49-28;;;/h20-33,35,41-43,45-46H,15-19H2,1-14H3;2*1H;/q;;;+2/p-2/t20-,21-,22+,23-,24-,25+,26+,27-,28+,29-,30+,31-,32+,33-,35+,36-,37-,38-;;;/m1.../s1. The van der Waals surface area contributed by atoms with Crippen molar-refractivity contribution in [1.29, 1.82) is 0 Å². The summed E-state index contributed by atoms with van der Waals surface area (Å²) in [5.41, 5.74) is -4.37. The predicted octanol–water partition coefficient (Wildman–Crippen LogP) is -4.47. The first-order valence-electron chi connectivity index (χ1n) is 19.1. The van der Waals surface area contributed by atoms with Crippen LogP contribution in [-0.2, 0) is 33.2 Å². The van der Waals surface area contributed by atoms with Crippen LogP contribution in [0.1, 0.15) is 94.9 Å². The van der Waals surface area contributed by atoms with Gasteiger partial charge in [-0.2, -0.15) is 0 Å². The maximum atomic E-state index is 14.2. The van der Waals surface area contributed by atoms with Crippen LogP contribution in [0.15, 0.2) is 0 Å². The molecular weight excluding hydrogens is 772 g/mol. The summed E-state index contributed by atoms with van der Waals surface area (Å²) in [5.74, 6) is -2.58. The molecule has 0 aromatic rings. The van der Waals surface area contributed by atoms with Crippen LogP contribution in [-0.4, -0.2) is 189 Å². The molecule has 3 rings (SSSR count). The summed E-state index contributed by atoms with van der Waals surface area (Å²) in [6, 6.07) is -0.808. The Kier molecular flexibility index (Phi) is 22.4. The largest absolute Gasteiger partial charge is 2.00 e. The van der Waals surface area contributed by atoms with Crippen LogP contribution in [0.5, 0.6) is 0 Å². The van der Waals surface area contributed by atoms with Gasteiger partial charge in [0.2, 0.25) is 0 Å². The Bertz CT molecular complexity index is 1160. The fourth-order valence-corrected chi connectivity index (χ4v) is 8.74. The quantitative estimate of drug-likeness (QED) is 0.122. The number of hydrogen-bond donors (Lipinski definition) is 5. The number of carbonyl (C=O) groups is 1. The van der Waals surface area contributed by atoms with Crippen LogP contribution in [0, 0.1) is 17.8 Å². The van der Waals surface area contributed by atoms with Gasteiger partial charge in [0.1, 0.15) is 30.0 Å². The van der Waals surface area contributed by atoms with Gasteiger partial charge in [-0.25, -0.2) is 0 Å². The monoisotopic (exact) mass is 842 g/mol. The summed E-state index contributed by atoms with van der Waals surface area (Å²) >= 11 is 0. The Morgan fingerprint density at radius 2 is 1.51 bits per heavy atom. The number of carbonyl (C=O) groups excluding carboxylic acids is 1. The Labute approximate surface area is 358 Å². The molecule has 0 radical (unpaired) electrons. The van der Waals surface area contributed by atoms with Crippen LogP contribution in [0.2, 0.25) is 0 Å². The van der Waals surface area contributed by atoms with Crippen molar-refractivity contribution in [2.75, 3.05) is 34.8 Å². The molecule has 0 aromatic heterocycles. The molecule has 5 N–H and O–H groups in total. The van der Waals surface area contributed by atoms with E-state index in [0.29, 0.717) is 13.0 Å². The minimum absolute atomic E-state index is 0. The molecule has 0 aliphatic carbocycles. The average molecular weight is 844 g/mol.